The number of amides is 1. The van der Waals surface area contributed by atoms with Crippen LogP contribution in [0.25, 0.3) is 0 Å². The van der Waals surface area contributed by atoms with E-state index in [2.05, 4.69) is 21.2 Å². The van der Waals surface area contributed by atoms with Crippen molar-refractivity contribution in [2.24, 2.45) is 0 Å². The first-order valence-electron chi connectivity index (χ1n) is 6.69. The molecule has 1 amide bonds. The molecule has 2 aromatic carbocycles. The van der Waals surface area contributed by atoms with E-state index < -0.39 is 30.0 Å². The highest BCUT2D eigenvalue weighted by atomic mass is 79.9. The second-order valence-electron chi connectivity index (χ2n) is 4.83. The van der Waals surface area contributed by atoms with Crippen LogP contribution in [0.2, 0.25) is 0 Å². The molecule has 0 saturated carbocycles. The maximum Gasteiger partial charge on any atom is 0.416 e. The topological polar surface area (TPSA) is 38.3 Å². The van der Waals surface area contributed by atoms with Crippen LogP contribution in [0.3, 0.4) is 0 Å². The molecule has 2 aromatic rings. The Labute approximate surface area is 143 Å². The summed E-state index contributed by atoms with van der Waals surface area (Å²) < 4.78 is 57.4. The van der Waals surface area contributed by atoms with E-state index in [1.807, 2.05) is 0 Å². The fraction of sp³-hybridized carbons (Fsp3) is 0.188. The SMILES string of the molecule is COc1ccc(Br)c(C(=O)NCc2ccc(F)cc2C(F)(F)F)c1. The van der Waals surface area contributed by atoms with Crippen molar-refractivity contribution in [3.8, 4) is 5.75 Å². The summed E-state index contributed by atoms with van der Waals surface area (Å²) in [5.41, 5.74) is -1.13. The quantitative estimate of drug-likeness (QED) is 0.758. The Morgan fingerprint density at radius 3 is 2.54 bits per heavy atom. The monoisotopic (exact) mass is 405 g/mol. The molecule has 24 heavy (non-hydrogen) atoms. The molecule has 0 atom stereocenters. The molecular formula is C16H12BrF4NO2. The Hall–Kier alpha value is -2.09. The van der Waals surface area contributed by atoms with Gasteiger partial charge in [-0.05, 0) is 51.8 Å². The number of carbonyl (C=O) groups is 1. The van der Waals surface area contributed by atoms with E-state index in [4.69, 9.17) is 4.74 Å². The van der Waals surface area contributed by atoms with Gasteiger partial charge in [0.2, 0.25) is 0 Å². The number of halogens is 5. The van der Waals surface area contributed by atoms with Crippen LogP contribution in [-0.4, -0.2) is 13.0 Å². The molecule has 2 rings (SSSR count). The Balaban J connectivity index is 2.21. The number of benzene rings is 2. The van der Waals surface area contributed by atoms with Gasteiger partial charge in [0.1, 0.15) is 11.6 Å². The van der Waals surface area contributed by atoms with Crippen LogP contribution in [0.1, 0.15) is 21.5 Å². The van der Waals surface area contributed by atoms with Gasteiger partial charge in [-0.25, -0.2) is 4.39 Å². The first-order valence-corrected chi connectivity index (χ1v) is 7.49. The summed E-state index contributed by atoms with van der Waals surface area (Å²) in [5, 5.41) is 2.39. The van der Waals surface area contributed by atoms with Crippen LogP contribution in [-0.2, 0) is 12.7 Å². The minimum Gasteiger partial charge on any atom is -0.497 e. The minimum atomic E-state index is -4.71. The van der Waals surface area contributed by atoms with Crippen LogP contribution in [0, 0.1) is 5.82 Å². The smallest absolute Gasteiger partial charge is 0.416 e. The van der Waals surface area contributed by atoms with Crippen molar-refractivity contribution in [2.45, 2.75) is 12.7 Å². The highest BCUT2D eigenvalue weighted by molar-refractivity contribution is 9.10. The second-order valence-corrected chi connectivity index (χ2v) is 5.68. The summed E-state index contributed by atoms with van der Waals surface area (Å²) in [4.78, 5) is 12.2. The first kappa shape index (κ1) is 18.3. The third-order valence-corrected chi connectivity index (χ3v) is 3.93. The van der Waals surface area contributed by atoms with Gasteiger partial charge in [-0.1, -0.05) is 6.07 Å². The highest BCUT2D eigenvalue weighted by Crippen LogP contribution is 2.32. The number of carbonyl (C=O) groups excluding carboxylic acids is 1. The van der Waals surface area contributed by atoms with E-state index >= 15 is 0 Å². The number of hydrogen-bond donors (Lipinski definition) is 1. The standard InChI is InChI=1S/C16H12BrF4NO2/c1-24-11-4-5-14(17)12(7-11)15(23)22-8-9-2-3-10(18)6-13(9)16(19,20)21/h2-7H,8H2,1H3,(H,22,23). The molecule has 0 aromatic heterocycles. The zero-order valence-electron chi connectivity index (χ0n) is 12.4. The molecule has 0 aliphatic carbocycles. The largest absolute Gasteiger partial charge is 0.497 e. The summed E-state index contributed by atoms with van der Waals surface area (Å²) >= 11 is 3.20. The van der Waals surface area contributed by atoms with Gasteiger partial charge in [0.25, 0.3) is 5.91 Å². The van der Waals surface area contributed by atoms with Crippen molar-refractivity contribution in [3.05, 3.63) is 63.4 Å². The molecule has 0 unspecified atom stereocenters. The van der Waals surface area contributed by atoms with Gasteiger partial charge in [0, 0.05) is 11.0 Å². The van der Waals surface area contributed by atoms with E-state index in [0.29, 0.717) is 16.3 Å². The number of methoxy groups -OCH3 is 1. The van der Waals surface area contributed by atoms with Crippen LogP contribution < -0.4 is 10.1 Å². The van der Waals surface area contributed by atoms with E-state index in [9.17, 15) is 22.4 Å². The lowest BCUT2D eigenvalue weighted by atomic mass is 10.1. The molecule has 0 fully saturated rings. The van der Waals surface area contributed by atoms with Gasteiger partial charge in [-0.2, -0.15) is 13.2 Å². The molecule has 0 aliphatic rings. The van der Waals surface area contributed by atoms with Gasteiger partial charge in [0.15, 0.2) is 0 Å². The summed E-state index contributed by atoms with van der Waals surface area (Å²) in [6.45, 7) is -0.391. The van der Waals surface area contributed by atoms with Crippen LogP contribution in [0.5, 0.6) is 5.75 Å². The summed E-state index contributed by atoms with van der Waals surface area (Å²) in [6.07, 6.45) is -4.71. The van der Waals surface area contributed by atoms with E-state index in [-0.39, 0.29) is 11.1 Å². The Morgan fingerprint density at radius 1 is 1.21 bits per heavy atom. The van der Waals surface area contributed by atoms with Gasteiger partial charge in [0.05, 0.1) is 18.2 Å². The molecule has 1 N–H and O–H groups in total. The number of nitrogens with one attached hydrogen (secondary N) is 1. The lowest BCUT2D eigenvalue weighted by Crippen LogP contribution is -2.25. The van der Waals surface area contributed by atoms with Gasteiger partial charge in [-0.3, -0.25) is 4.79 Å². The molecule has 0 saturated heterocycles. The number of rotatable bonds is 4. The van der Waals surface area contributed by atoms with Crippen molar-refractivity contribution in [1.29, 1.82) is 0 Å². The maximum atomic E-state index is 13.1. The third-order valence-electron chi connectivity index (χ3n) is 3.23. The van der Waals surface area contributed by atoms with Crippen molar-refractivity contribution in [2.75, 3.05) is 7.11 Å². The van der Waals surface area contributed by atoms with Crippen LogP contribution in [0.4, 0.5) is 17.6 Å². The third kappa shape index (κ3) is 4.25. The normalized spacial score (nSPS) is 11.2. The minimum absolute atomic E-state index is 0.213. The zero-order chi connectivity index (χ0) is 17.9. The number of alkyl halides is 3. The molecule has 0 aliphatic heterocycles. The Bertz CT molecular complexity index is 762. The first-order chi connectivity index (χ1) is 11.2. The van der Waals surface area contributed by atoms with Gasteiger partial charge in [-0.15, -0.1) is 0 Å². The van der Waals surface area contributed by atoms with E-state index in [0.717, 1.165) is 12.1 Å². The summed E-state index contributed by atoms with van der Waals surface area (Å²) in [5.74, 6) is -1.15. The molecular weight excluding hydrogens is 394 g/mol. The Kier molecular flexibility index (Phi) is 5.48. The molecule has 3 nitrogen and oxygen atoms in total. The van der Waals surface area contributed by atoms with E-state index in [1.54, 1.807) is 12.1 Å². The van der Waals surface area contributed by atoms with Crippen LogP contribution in [0.15, 0.2) is 40.9 Å². The molecule has 8 heteroatoms. The second kappa shape index (κ2) is 7.21. The van der Waals surface area contributed by atoms with Gasteiger partial charge >= 0.3 is 6.18 Å². The molecule has 0 radical (unpaired) electrons. The van der Waals surface area contributed by atoms with Crippen molar-refractivity contribution in [1.82, 2.24) is 5.32 Å². The van der Waals surface area contributed by atoms with Crippen molar-refractivity contribution >= 4 is 21.8 Å². The number of hydrogen-bond acceptors (Lipinski definition) is 2. The van der Waals surface area contributed by atoms with Crippen molar-refractivity contribution < 1.29 is 27.1 Å². The number of ether oxygens (including phenoxy) is 1. The lowest BCUT2D eigenvalue weighted by molar-refractivity contribution is -0.138. The Morgan fingerprint density at radius 2 is 1.92 bits per heavy atom. The van der Waals surface area contributed by atoms with E-state index in [1.165, 1.54) is 13.2 Å². The molecule has 0 heterocycles. The summed E-state index contributed by atoms with van der Waals surface area (Å²) in [7, 11) is 1.43. The lowest BCUT2D eigenvalue weighted by Gasteiger charge is -2.14. The van der Waals surface area contributed by atoms with Gasteiger partial charge < -0.3 is 10.1 Å². The predicted octanol–water partition coefficient (Wildman–Crippen LogP) is 4.55. The average Bonchev–Trinajstić information content (AvgIpc) is 2.53. The predicted molar refractivity (Wildman–Crippen MR) is 83.3 cm³/mol. The average molecular weight is 406 g/mol. The molecule has 0 bridgehead atoms. The maximum absolute atomic E-state index is 13.1. The fourth-order valence-electron chi connectivity index (χ4n) is 2.04. The van der Waals surface area contributed by atoms with Crippen LogP contribution >= 0.6 is 15.9 Å². The molecule has 0 spiro atoms. The zero-order valence-corrected chi connectivity index (χ0v) is 14.0. The fourth-order valence-corrected chi connectivity index (χ4v) is 2.47. The molecule has 128 valence electrons. The highest BCUT2D eigenvalue weighted by Gasteiger charge is 2.33. The summed E-state index contributed by atoms with van der Waals surface area (Å²) in [6, 6.07) is 6.99. The van der Waals surface area contributed by atoms with Crippen molar-refractivity contribution in [3.63, 3.8) is 0 Å².